The van der Waals surface area contributed by atoms with Gasteiger partial charge in [-0.15, -0.1) is 0 Å². The topological polar surface area (TPSA) is 38.7 Å². The van der Waals surface area contributed by atoms with Gasteiger partial charge in [-0.05, 0) is 21.9 Å². The van der Waals surface area contributed by atoms with Gasteiger partial charge in [0.2, 0.25) is 0 Å². The van der Waals surface area contributed by atoms with Crippen molar-refractivity contribution in [1.82, 2.24) is 15.0 Å². The van der Waals surface area contributed by atoms with Gasteiger partial charge in [0.05, 0.1) is 0 Å². The molecule has 0 aliphatic rings. The van der Waals surface area contributed by atoms with Crippen LogP contribution in [0, 0.1) is 0 Å². The SMILES string of the molecule is c1ccc2c(-c3ccc(-c4ncncn4)cc3)cccc2c1. The highest BCUT2D eigenvalue weighted by molar-refractivity contribution is 5.96. The highest BCUT2D eigenvalue weighted by atomic mass is 15.0. The summed E-state index contributed by atoms with van der Waals surface area (Å²) in [6, 6.07) is 23.1. The van der Waals surface area contributed by atoms with E-state index in [0.717, 1.165) is 5.56 Å². The third-order valence-electron chi connectivity index (χ3n) is 3.74. The van der Waals surface area contributed by atoms with Crippen LogP contribution in [-0.4, -0.2) is 15.0 Å². The van der Waals surface area contributed by atoms with Gasteiger partial charge < -0.3 is 0 Å². The van der Waals surface area contributed by atoms with Gasteiger partial charge in [-0.3, -0.25) is 0 Å². The van der Waals surface area contributed by atoms with Crippen molar-refractivity contribution in [3.63, 3.8) is 0 Å². The van der Waals surface area contributed by atoms with Crippen LogP contribution in [0.15, 0.2) is 79.4 Å². The lowest BCUT2D eigenvalue weighted by Crippen LogP contribution is -1.89. The van der Waals surface area contributed by atoms with Gasteiger partial charge >= 0.3 is 0 Å². The molecule has 3 nitrogen and oxygen atoms in total. The molecule has 3 heteroatoms. The quantitative estimate of drug-likeness (QED) is 0.548. The molecule has 0 aliphatic carbocycles. The number of hydrogen-bond acceptors (Lipinski definition) is 3. The van der Waals surface area contributed by atoms with Gasteiger partial charge in [-0.25, -0.2) is 15.0 Å². The van der Waals surface area contributed by atoms with Crippen molar-refractivity contribution in [3.05, 3.63) is 79.4 Å². The molecular formula is C19H13N3. The van der Waals surface area contributed by atoms with Crippen LogP contribution < -0.4 is 0 Å². The number of hydrogen-bond donors (Lipinski definition) is 0. The Bertz CT molecular complexity index is 911. The molecule has 0 unspecified atom stereocenters. The van der Waals surface area contributed by atoms with Crippen LogP contribution in [0.5, 0.6) is 0 Å². The van der Waals surface area contributed by atoms with Crippen LogP contribution in [0.3, 0.4) is 0 Å². The minimum atomic E-state index is 0.694. The Morgan fingerprint density at radius 1 is 0.591 bits per heavy atom. The van der Waals surface area contributed by atoms with E-state index in [1.807, 2.05) is 12.1 Å². The lowest BCUT2D eigenvalue weighted by molar-refractivity contribution is 1.06. The second-order valence-corrected chi connectivity index (χ2v) is 5.07. The lowest BCUT2D eigenvalue weighted by atomic mass is 9.97. The van der Waals surface area contributed by atoms with E-state index < -0.39 is 0 Å². The molecule has 0 amide bonds. The normalized spacial score (nSPS) is 10.7. The molecule has 0 saturated heterocycles. The molecule has 1 heterocycles. The van der Waals surface area contributed by atoms with E-state index in [1.54, 1.807) is 0 Å². The molecule has 0 atom stereocenters. The van der Waals surface area contributed by atoms with Crippen molar-refractivity contribution in [3.8, 4) is 22.5 Å². The lowest BCUT2D eigenvalue weighted by Gasteiger charge is -2.07. The summed E-state index contributed by atoms with van der Waals surface area (Å²) in [7, 11) is 0. The van der Waals surface area contributed by atoms with Crippen LogP contribution in [-0.2, 0) is 0 Å². The van der Waals surface area contributed by atoms with E-state index in [0.29, 0.717) is 5.82 Å². The second kappa shape index (κ2) is 5.37. The Hall–Kier alpha value is -3.07. The summed E-state index contributed by atoms with van der Waals surface area (Å²) in [6.07, 6.45) is 3.03. The molecule has 4 rings (SSSR count). The van der Waals surface area contributed by atoms with Gasteiger partial charge in [0.25, 0.3) is 0 Å². The number of aromatic nitrogens is 3. The van der Waals surface area contributed by atoms with Crippen LogP contribution in [0.25, 0.3) is 33.3 Å². The first-order valence-electron chi connectivity index (χ1n) is 7.12. The fourth-order valence-electron chi connectivity index (χ4n) is 2.66. The molecule has 22 heavy (non-hydrogen) atoms. The van der Waals surface area contributed by atoms with E-state index in [-0.39, 0.29) is 0 Å². The van der Waals surface area contributed by atoms with Crippen molar-refractivity contribution >= 4 is 10.8 Å². The van der Waals surface area contributed by atoms with Gasteiger partial charge in [-0.1, -0.05) is 66.7 Å². The number of nitrogens with zero attached hydrogens (tertiary/aromatic N) is 3. The monoisotopic (exact) mass is 283 g/mol. The Labute approximate surface area is 128 Å². The molecule has 0 radical (unpaired) electrons. The summed E-state index contributed by atoms with van der Waals surface area (Å²) in [4.78, 5) is 12.2. The molecule has 4 aromatic rings. The number of fused-ring (bicyclic) bond motifs is 1. The molecule has 0 aliphatic heterocycles. The third-order valence-corrected chi connectivity index (χ3v) is 3.74. The summed E-state index contributed by atoms with van der Waals surface area (Å²) in [5, 5.41) is 2.51. The first-order valence-corrected chi connectivity index (χ1v) is 7.12. The predicted molar refractivity (Wildman–Crippen MR) is 88.2 cm³/mol. The smallest absolute Gasteiger partial charge is 0.162 e. The minimum absolute atomic E-state index is 0.694. The molecule has 1 aromatic heterocycles. The van der Waals surface area contributed by atoms with Crippen LogP contribution >= 0.6 is 0 Å². The number of benzene rings is 3. The molecular weight excluding hydrogens is 270 g/mol. The van der Waals surface area contributed by atoms with Crippen LogP contribution in [0.4, 0.5) is 0 Å². The Morgan fingerprint density at radius 3 is 2.09 bits per heavy atom. The van der Waals surface area contributed by atoms with Gasteiger partial charge in [0.15, 0.2) is 5.82 Å². The highest BCUT2D eigenvalue weighted by Crippen LogP contribution is 2.29. The largest absolute Gasteiger partial charge is 0.225 e. The summed E-state index contributed by atoms with van der Waals surface area (Å²) in [6.45, 7) is 0. The van der Waals surface area contributed by atoms with E-state index in [4.69, 9.17) is 0 Å². The Balaban J connectivity index is 1.80. The predicted octanol–water partition coefficient (Wildman–Crippen LogP) is 4.36. The molecule has 104 valence electrons. The first-order chi connectivity index (χ1) is 10.9. The summed E-state index contributed by atoms with van der Waals surface area (Å²) < 4.78 is 0. The zero-order valence-electron chi connectivity index (χ0n) is 11.8. The first kappa shape index (κ1) is 12.7. The standard InChI is InChI=1S/C19H13N3/c1-2-6-17-14(4-1)5-3-7-18(17)15-8-10-16(11-9-15)19-21-12-20-13-22-19/h1-13H. The molecule has 0 fully saturated rings. The summed E-state index contributed by atoms with van der Waals surface area (Å²) in [5.41, 5.74) is 3.42. The van der Waals surface area contributed by atoms with Gasteiger partial charge in [0.1, 0.15) is 12.7 Å². The molecule has 0 N–H and O–H groups in total. The van der Waals surface area contributed by atoms with E-state index >= 15 is 0 Å². The van der Waals surface area contributed by atoms with Crippen molar-refractivity contribution in [2.75, 3.05) is 0 Å². The summed E-state index contributed by atoms with van der Waals surface area (Å²) >= 11 is 0. The number of rotatable bonds is 2. The fraction of sp³-hybridized carbons (Fsp3) is 0. The third kappa shape index (κ3) is 2.23. The average Bonchev–Trinajstić information content (AvgIpc) is 2.62. The highest BCUT2D eigenvalue weighted by Gasteiger charge is 2.05. The molecule has 0 spiro atoms. The van der Waals surface area contributed by atoms with Crippen LogP contribution in [0.1, 0.15) is 0 Å². The average molecular weight is 283 g/mol. The van der Waals surface area contributed by atoms with Crippen molar-refractivity contribution in [1.29, 1.82) is 0 Å². The second-order valence-electron chi connectivity index (χ2n) is 5.07. The summed E-state index contributed by atoms with van der Waals surface area (Å²) in [5.74, 6) is 0.694. The maximum Gasteiger partial charge on any atom is 0.162 e. The molecule has 0 bridgehead atoms. The van der Waals surface area contributed by atoms with E-state index in [9.17, 15) is 0 Å². The maximum absolute atomic E-state index is 4.18. The molecule has 3 aromatic carbocycles. The van der Waals surface area contributed by atoms with Crippen LogP contribution in [0.2, 0.25) is 0 Å². The zero-order chi connectivity index (χ0) is 14.8. The van der Waals surface area contributed by atoms with E-state index in [1.165, 1.54) is 34.6 Å². The minimum Gasteiger partial charge on any atom is -0.225 e. The van der Waals surface area contributed by atoms with E-state index in [2.05, 4.69) is 69.5 Å². The molecule has 0 saturated carbocycles. The Morgan fingerprint density at radius 2 is 1.27 bits per heavy atom. The Kier molecular flexibility index (Phi) is 3.09. The van der Waals surface area contributed by atoms with Crippen molar-refractivity contribution in [2.24, 2.45) is 0 Å². The van der Waals surface area contributed by atoms with Crippen molar-refractivity contribution < 1.29 is 0 Å². The maximum atomic E-state index is 4.18. The van der Waals surface area contributed by atoms with Gasteiger partial charge in [0, 0.05) is 5.56 Å². The fourth-order valence-corrected chi connectivity index (χ4v) is 2.66. The van der Waals surface area contributed by atoms with Gasteiger partial charge in [-0.2, -0.15) is 0 Å². The zero-order valence-corrected chi connectivity index (χ0v) is 11.8. The van der Waals surface area contributed by atoms with Crippen molar-refractivity contribution in [2.45, 2.75) is 0 Å².